The molecule has 1 aliphatic rings. The van der Waals surface area contributed by atoms with Gasteiger partial charge in [0.15, 0.2) is 0 Å². The summed E-state index contributed by atoms with van der Waals surface area (Å²) in [5, 5.41) is 3.04. The van der Waals surface area contributed by atoms with Crippen molar-refractivity contribution in [3.63, 3.8) is 0 Å². The van der Waals surface area contributed by atoms with E-state index in [1.807, 2.05) is 24.3 Å². The number of methoxy groups -OCH3 is 1. The van der Waals surface area contributed by atoms with Gasteiger partial charge in [-0.05, 0) is 30.9 Å². The summed E-state index contributed by atoms with van der Waals surface area (Å²) in [5.41, 5.74) is 7.38. The summed E-state index contributed by atoms with van der Waals surface area (Å²) >= 11 is 0. The third kappa shape index (κ3) is 3.23. The van der Waals surface area contributed by atoms with Crippen LogP contribution in [0.15, 0.2) is 24.3 Å². The van der Waals surface area contributed by atoms with E-state index in [-0.39, 0.29) is 18.1 Å². The lowest BCUT2D eigenvalue weighted by Crippen LogP contribution is -2.34. The van der Waals surface area contributed by atoms with Gasteiger partial charge < -0.3 is 15.8 Å². The minimum Gasteiger partial charge on any atom is -0.398 e. The Morgan fingerprint density at radius 3 is 2.89 bits per heavy atom. The van der Waals surface area contributed by atoms with Crippen LogP contribution < -0.4 is 11.1 Å². The highest BCUT2D eigenvalue weighted by Crippen LogP contribution is 2.21. The lowest BCUT2D eigenvalue weighted by Gasteiger charge is -2.13. The Labute approximate surface area is 108 Å². The monoisotopic (exact) mass is 248 g/mol. The van der Waals surface area contributed by atoms with Crippen molar-refractivity contribution < 1.29 is 9.53 Å². The molecule has 2 rings (SSSR count). The van der Waals surface area contributed by atoms with E-state index in [1.165, 1.54) is 0 Å². The topological polar surface area (TPSA) is 64.3 Å². The SMILES string of the molecule is COC1CCC(NC(=O)Cc2ccccc2N)C1. The molecule has 1 aromatic carbocycles. The maximum Gasteiger partial charge on any atom is 0.224 e. The second kappa shape index (κ2) is 5.87. The molecule has 1 amide bonds. The van der Waals surface area contributed by atoms with E-state index in [0.29, 0.717) is 12.1 Å². The van der Waals surface area contributed by atoms with E-state index in [4.69, 9.17) is 10.5 Å². The average molecular weight is 248 g/mol. The number of benzene rings is 1. The Bertz CT molecular complexity index is 420. The summed E-state index contributed by atoms with van der Waals surface area (Å²) in [7, 11) is 1.72. The standard InChI is InChI=1S/C14H20N2O2/c1-18-12-7-6-11(9-12)16-14(17)8-10-4-2-3-5-13(10)15/h2-5,11-12H,6-9,15H2,1H3,(H,16,17). The zero-order chi connectivity index (χ0) is 13.0. The molecule has 1 saturated carbocycles. The van der Waals surface area contributed by atoms with Gasteiger partial charge in [-0.1, -0.05) is 18.2 Å². The van der Waals surface area contributed by atoms with Gasteiger partial charge in [0.25, 0.3) is 0 Å². The van der Waals surface area contributed by atoms with Crippen LogP contribution in [-0.2, 0) is 16.0 Å². The first-order chi connectivity index (χ1) is 8.69. The van der Waals surface area contributed by atoms with Crippen LogP contribution in [0.4, 0.5) is 5.69 Å². The summed E-state index contributed by atoms with van der Waals surface area (Å²) in [6.45, 7) is 0. The summed E-state index contributed by atoms with van der Waals surface area (Å²) in [6, 6.07) is 7.72. The number of nitrogen functional groups attached to an aromatic ring is 1. The Morgan fingerprint density at radius 1 is 1.44 bits per heavy atom. The Kier molecular flexibility index (Phi) is 4.20. The number of rotatable bonds is 4. The fraction of sp³-hybridized carbons (Fsp3) is 0.500. The van der Waals surface area contributed by atoms with E-state index in [0.717, 1.165) is 24.8 Å². The van der Waals surface area contributed by atoms with Gasteiger partial charge in [0.05, 0.1) is 12.5 Å². The van der Waals surface area contributed by atoms with E-state index in [1.54, 1.807) is 7.11 Å². The molecule has 1 fully saturated rings. The fourth-order valence-corrected chi connectivity index (χ4v) is 2.43. The molecule has 3 N–H and O–H groups in total. The largest absolute Gasteiger partial charge is 0.398 e. The molecule has 1 aliphatic carbocycles. The molecular formula is C14H20N2O2. The fourth-order valence-electron chi connectivity index (χ4n) is 2.43. The van der Waals surface area contributed by atoms with Gasteiger partial charge in [-0.15, -0.1) is 0 Å². The van der Waals surface area contributed by atoms with Crippen LogP contribution in [-0.4, -0.2) is 25.2 Å². The number of nitrogens with two attached hydrogens (primary N) is 1. The third-order valence-electron chi connectivity index (χ3n) is 3.49. The van der Waals surface area contributed by atoms with Crippen molar-refractivity contribution in [2.24, 2.45) is 0 Å². The number of hydrogen-bond donors (Lipinski definition) is 2. The van der Waals surface area contributed by atoms with Crippen molar-refractivity contribution in [2.75, 3.05) is 12.8 Å². The van der Waals surface area contributed by atoms with Gasteiger partial charge in [0.2, 0.25) is 5.91 Å². The van der Waals surface area contributed by atoms with Crippen molar-refractivity contribution in [1.82, 2.24) is 5.32 Å². The van der Waals surface area contributed by atoms with Crippen LogP contribution in [0.25, 0.3) is 0 Å². The van der Waals surface area contributed by atoms with Crippen molar-refractivity contribution in [2.45, 2.75) is 37.8 Å². The molecule has 0 aromatic heterocycles. The number of carbonyl (C=O) groups is 1. The minimum absolute atomic E-state index is 0.0367. The zero-order valence-electron chi connectivity index (χ0n) is 10.7. The average Bonchev–Trinajstić information content (AvgIpc) is 2.80. The molecule has 0 aliphatic heterocycles. The maximum atomic E-state index is 11.9. The Balaban J connectivity index is 1.84. The van der Waals surface area contributed by atoms with E-state index < -0.39 is 0 Å². The number of ether oxygens (including phenoxy) is 1. The van der Waals surface area contributed by atoms with Gasteiger partial charge in [-0.25, -0.2) is 0 Å². The van der Waals surface area contributed by atoms with Crippen molar-refractivity contribution in [1.29, 1.82) is 0 Å². The van der Waals surface area contributed by atoms with Gasteiger partial charge >= 0.3 is 0 Å². The zero-order valence-corrected chi connectivity index (χ0v) is 10.7. The number of amides is 1. The van der Waals surface area contributed by atoms with Gasteiger partial charge in [0.1, 0.15) is 0 Å². The predicted molar refractivity (Wildman–Crippen MR) is 71.1 cm³/mol. The summed E-state index contributed by atoms with van der Waals surface area (Å²) in [6.07, 6.45) is 3.56. The van der Waals surface area contributed by atoms with Crippen LogP contribution in [0.1, 0.15) is 24.8 Å². The Hall–Kier alpha value is -1.55. The summed E-state index contributed by atoms with van der Waals surface area (Å²) in [4.78, 5) is 11.9. The summed E-state index contributed by atoms with van der Waals surface area (Å²) < 4.78 is 5.29. The highest BCUT2D eigenvalue weighted by atomic mass is 16.5. The number of carbonyl (C=O) groups excluding carboxylic acids is 1. The molecule has 0 bridgehead atoms. The number of hydrogen-bond acceptors (Lipinski definition) is 3. The smallest absolute Gasteiger partial charge is 0.224 e. The molecule has 4 nitrogen and oxygen atoms in total. The minimum atomic E-state index is 0.0367. The van der Waals surface area contributed by atoms with Crippen molar-refractivity contribution in [3.8, 4) is 0 Å². The van der Waals surface area contributed by atoms with Gasteiger partial charge in [-0.2, -0.15) is 0 Å². The normalized spacial score (nSPS) is 22.9. The first kappa shape index (κ1) is 12.9. The van der Waals surface area contributed by atoms with Gasteiger partial charge in [-0.3, -0.25) is 4.79 Å². The predicted octanol–water partition coefficient (Wildman–Crippen LogP) is 1.49. The number of nitrogens with one attached hydrogen (secondary N) is 1. The van der Waals surface area contributed by atoms with Crippen LogP contribution in [0.3, 0.4) is 0 Å². The first-order valence-electron chi connectivity index (χ1n) is 6.34. The van der Waals surface area contributed by atoms with E-state index in [9.17, 15) is 4.79 Å². The molecule has 0 spiro atoms. The molecule has 98 valence electrons. The lowest BCUT2D eigenvalue weighted by atomic mass is 10.1. The second-order valence-electron chi connectivity index (χ2n) is 4.81. The molecular weight excluding hydrogens is 228 g/mol. The second-order valence-corrected chi connectivity index (χ2v) is 4.81. The third-order valence-corrected chi connectivity index (χ3v) is 3.49. The first-order valence-corrected chi connectivity index (χ1v) is 6.34. The highest BCUT2D eigenvalue weighted by molar-refractivity contribution is 5.80. The molecule has 0 radical (unpaired) electrons. The lowest BCUT2D eigenvalue weighted by molar-refractivity contribution is -0.121. The maximum absolute atomic E-state index is 11.9. The number of anilines is 1. The van der Waals surface area contributed by atoms with Crippen molar-refractivity contribution >= 4 is 11.6 Å². The quantitative estimate of drug-likeness (QED) is 0.794. The summed E-state index contributed by atoms with van der Waals surface area (Å²) in [5.74, 6) is 0.0367. The Morgan fingerprint density at radius 2 is 2.22 bits per heavy atom. The molecule has 4 heteroatoms. The van der Waals surface area contributed by atoms with Gasteiger partial charge in [0, 0.05) is 18.8 Å². The highest BCUT2D eigenvalue weighted by Gasteiger charge is 2.25. The van der Waals surface area contributed by atoms with Crippen molar-refractivity contribution in [3.05, 3.63) is 29.8 Å². The van der Waals surface area contributed by atoms with Crippen LogP contribution in [0.5, 0.6) is 0 Å². The molecule has 0 saturated heterocycles. The van der Waals surface area contributed by atoms with E-state index >= 15 is 0 Å². The number of para-hydroxylation sites is 1. The molecule has 18 heavy (non-hydrogen) atoms. The molecule has 0 heterocycles. The molecule has 1 aromatic rings. The van der Waals surface area contributed by atoms with Crippen LogP contribution in [0, 0.1) is 0 Å². The van der Waals surface area contributed by atoms with Crippen LogP contribution >= 0.6 is 0 Å². The van der Waals surface area contributed by atoms with Crippen LogP contribution in [0.2, 0.25) is 0 Å². The molecule has 2 atom stereocenters. The van der Waals surface area contributed by atoms with E-state index in [2.05, 4.69) is 5.32 Å². The molecule has 2 unspecified atom stereocenters.